The van der Waals surface area contributed by atoms with E-state index < -0.39 is 12.5 Å². The number of hydrogen-bond acceptors (Lipinski definition) is 4. The number of halogens is 2. The minimum Gasteiger partial charge on any atom is -0.434 e. The van der Waals surface area contributed by atoms with E-state index in [9.17, 15) is 13.6 Å². The van der Waals surface area contributed by atoms with Gasteiger partial charge in [-0.15, -0.1) is 0 Å². The molecule has 1 aromatic carbocycles. The molecule has 0 spiro atoms. The number of ether oxygens (including phenoxy) is 2. The lowest BCUT2D eigenvalue weighted by Crippen LogP contribution is -2.58. The molecule has 5 nitrogen and oxygen atoms in total. The van der Waals surface area contributed by atoms with Gasteiger partial charge in [0.15, 0.2) is 0 Å². The quantitative estimate of drug-likeness (QED) is 0.852. The summed E-state index contributed by atoms with van der Waals surface area (Å²) in [4.78, 5) is 14.7. The SMILES string of the molecule is C[C@@H]1CN(C(C)(C)CNC(=O)c2ccccc2OC(F)F)C[C@H](C)O1. The van der Waals surface area contributed by atoms with E-state index in [1.165, 1.54) is 12.1 Å². The highest BCUT2D eigenvalue weighted by Crippen LogP contribution is 2.22. The van der Waals surface area contributed by atoms with Crippen LogP contribution in [0.25, 0.3) is 0 Å². The van der Waals surface area contributed by atoms with Gasteiger partial charge >= 0.3 is 6.61 Å². The molecule has 1 N–H and O–H groups in total. The van der Waals surface area contributed by atoms with Crippen molar-refractivity contribution in [3.63, 3.8) is 0 Å². The maximum Gasteiger partial charge on any atom is 0.387 e. The summed E-state index contributed by atoms with van der Waals surface area (Å²) in [7, 11) is 0. The number of carbonyl (C=O) groups is 1. The summed E-state index contributed by atoms with van der Waals surface area (Å²) < 4.78 is 35.1. The van der Waals surface area contributed by atoms with Gasteiger partial charge in [-0.25, -0.2) is 0 Å². The lowest BCUT2D eigenvalue weighted by Gasteiger charge is -2.45. The zero-order valence-corrected chi connectivity index (χ0v) is 15.1. The van der Waals surface area contributed by atoms with Crippen molar-refractivity contribution in [3.05, 3.63) is 29.8 Å². The van der Waals surface area contributed by atoms with Crippen LogP contribution in [0.4, 0.5) is 8.78 Å². The van der Waals surface area contributed by atoms with Gasteiger partial charge in [0.05, 0.1) is 17.8 Å². The number of amides is 1. The highest BCUT2D eigenvalue weighted by molar-refractivity contribution is 5.96. The second-order valence-corrected chi connectivity index (χ2v) is 7.03. The predicted octanol–water partition coefficient (Wildman–Crippen LogP) is 2.91. The largest absolute Gasteiger partial charge is 0.434 e. The molecule has 1 aromatic rings. The van der Waals surface area contributed by atoms with Crippen LogP contribution in [0.3, 0.4) is 0 Å². The van der Waals surface area contributed by atoms with Crippen LogP contribution in [0.2, 0.25) is 0 Å². The van der Waals surface area contributed by atoms with Crippen molar-refractivity contribution in [3.8, 4) is 5.75 Å². The molecule has 0 bridgehead atoms. The molecule has 1 aliphatic heterocycles. The molecule has 1 amide bonds. The molecule has 140 valence electrons. The molecule has 2 atom stereocenters. The lowest BCUT2D eigenvalue weighted by atomic mass is 10.00. The highest BCUT2D eigenvalue weighted by Gasteiger charge is 2.33. The van der Waals surface area contributed by atoms with Gasteiger partial charge in [-0.2, -0.15) is 8.78 Å². The van der Waals surface area contributed by atoms with Crippen LogP contribution >= 0.6 is 0 Å². The molecule has 1 fully saturated rings. The van der Waals surface area contributed by atoms with E-state index in [0.29, 0.717) is 6.54 Å². The Balaban J connectivity index is 2.01. The van der Waals surface area contributed by atoms with E-state index in [2.05, 4.69) is 15.0 Å². The van der Waals surface area contributed by atoms with E-state index in [1.807, 2.05) is 27.7 Å². The van der Waals surface area contributed by atoms with E-state index in [0.717, 1.165) is 13.1 Å². The molecule has 1 aliphatic rings. The number of hydrogen-bond donors (Lipinski definition) is 1. The number of morpholine rings is 1. The number of nitrogens with one attached hydrogen (secondary N) is 1. The van der Waals surface area contributed by atoms with Gasteiger partial charge in [-0.05, 0) is 39.8 Å². The summed E-state index contributed by atoms with van der Waals surface area (Å²) in [6.45, 7) is 7.09. The van der Waals surface area contributed by atoms with Crippen molar-refractivity contribution in [1.82, 2.24) is 10.2 Å². The van der Waals surface area contributed by atoms with Crippen LogP contribution in [0.15, 0.2) is 24.3 Å². The second-order valence-electron chi connectivity index (χ2n) is 7.03. The Morgan fingerprint density at radius 1 is 1.32 bits per heavy atom. The van der Waals surface area contributed by atoms with Crippen molar-refractivity contribution >= 4 is 5.91 Å². The number of nitrogens with zero attached hydrogens (tertiary/aromatic N) is 1. The van der Waals surface area contributed by atoms with E-state index >= 15 is 0 Å². The summed E-state index contributed by atoms with van der Waals surface area (Å²) in [6, 6.07) is 6.00. The average molecular weight is 356 g/mol. The van der Waals surface area contributed by atoms with Gasteiger partial charge in [0.25, 0.3) is 5.91 Å². The first-order valence-electron chi connectivity index (χ1n) is 8.41. The monoisotopic (exact) mass is 356 g/mol. The Morgan fingerprint density at radius 3 is 2.52 bits per heavy atom. The van der Waals surface area contributed by atoms with Gasteiger partial charge in [-0.3, -0.25) is 9.69 Å². The molecule has 7 heteroatoms. The summed E-state index contributed by atoms with van der Waals surface area (Å²) in [5, 5.41) is 2.83. The maximum absolute atomic E-state index is 12.5. The first-order chi connectivity index (χ1) is 11.7. The fourth-order valence-corrected chi connectivity index (χ4v) is 3.03. The molecule has 25 heavy (non-hydrogen) atoms. The Labute approximate surface area is 147 Å². The molecule has 1 saturated heterocycles. The molecule has 1 heterocycles. The molecular formula is C18H26F2N2O3. The second kappa shape index (κ2) is 8.10. The van der Waals surface area contributed by atoms with Crippen molar-refractivity contribution in [2.24, 2.45) is 0 Å². The van der Waals surface area contributed by atoms with Crippen LogP contribution in [0.1, 0.15) is 38.1 Å². The lowest BCUT2D eigenvalue weighted by molar-refractivity contribution is -0.0948. The Bertz CT molecular complexity index is 585. The van der Waals surface area contributed by atoms with Crippen molar-refractivity contribution in [2.75, 3.05) is 19.6 Å². The third-order valence-electron chi connectivity index (χ3n) is 4.30. The van der Waals surface area contributed by atoms with Crippen LogP contribution in [0, 0.1) is 0 Å². The average Bonchev–Trinajstić information content (AvgIpc) is 2.52. The standard InChI is InChI=1S/C18H26F2N2O3/c1-12-9-22(10-13(2)24-12)18(3,4)11-21-16(23)14-7-5-6-8-15(14)25-17(19)20/h5-8,12-13,17H,9-11H2,1-4H3,(H,21,23)/t12-,13+. The first kappa shape index (κ1) is 19.6. The van der Waals surface area contributed by atoms with Gasteiger partial charge < -0.3 is 14.8 Å². The van der Waals surface area contributed by atoms with Crippen molar-refractivity contribution in [1.29, 1.82) is 0 Å². The van der Waals surface area contributed by atoms with Crippen molar-refractivity contribution < 1.29 is 23.0 Å². The molecular weight excluding hydrogens is 330 g/mol. The summed E-state index contributed by atoms with van der Waals surface area (Å²) in [5.74, 6) is -0.555. The minimum absolute atomic E-state index is 0.0994. The highest BCUT2D eigenvalue weighted by atomic mass is 19.3. The Hall–Kier alpha value is -1.73. The normalized spacial score (nSPS) is 22.0. The molecule has 0 aliphatic carbocycles. The summed E-state index contributed by atoms with van der Waals surface area (Å²) in [5.41, 5.74) is -0.192. The number of rotatable bonds is 6. The summed E-state index contributed by atoms with van der Waals surface area (Å²) >= 11 is 0. The smallest absolute Gasteiger partial charge is 0.387 e. The number of para-hydroxylation sites is 1. The third kappa shape index (κ3) is 5.37. The Kier molecular flexibility index (Phi) is 6.35. The van der Waals surface area contributed by atoms with Gasteiger partial charge in [0.2, 0.25) is 0 Å². The maximum atomic E-state index is 12.5. The van der Waals surface area contributed by atoms with Crippen molar-refractivity contribution in [2.45, 2.75) is 52.1 Å². The van der Waals surface area contributed by atoms with Crippen LogP contribution in [0.5, 0.6) is 5.75 Å². The van der Waals surface area contributed by atoms with Gasteiger partial charge in [-0.1, -0.05) is 12.1 Å². The molecule has 0 unspecified atom stereocenters. The third-order valence-corrected chi connectivity index (χ3v) is 4.30. The topological polar surface area (TPSA) is 50.8 Å². The molecule has 0 aromatic heterocycles. The molecule has 0 radical (unpaired) electrons. The van der Waals surface area contributed by atoms with Gasteiger partial charge in [0, 0.05) is 25.2 Å². The van der Waals surface area contributed by atoms with E-state index in [-0.39, 0.29) is 29.1 Å². The van der Waals surface area contributed by atoms with Crippen LogP contribution in [-0.4, -0.2) is 54.8 Å². The number of carbonyl (C=O) groups excluding carboxylic acids is 1. The fourth-order valence-electron chi connectivity index (χ4n) is 3.03. The van der Waals surface area contributed by atoms with Crippen LogP contribution < -0.4 is 10.1 Å². The van der Waals surface area contributed by atoms with Crippen LogP contribution in [-0.2, 0) is 4.74 Å². The predicted molar refractivity (Wildman–Crippen MR) is 91.1 cm³/mol. The zero-order chi connectivity index (χ0) is 18.6. The molecule has 0 saturated carbocycles. The molecule has 2 rings (SSSR count). The van der Waals surface area contributed by atoms with Gasteiger partial charge in [0.1, 0.15) is 5.75 Å². The van der Waals surface area contributed by atoms with E-state index in [4.69, 9.17) is 4.74 Å². The Morgan fingerprint density at radius 2 is 1.92 bits per heavy atom. The zero-order valence-electron chi connectivity index (χ0n) is 15.1. The summed E-state index contributed by atoms with van der Waals surface area (Å²) in [6.07, 6.45) is 0.248. The fraction of sp³-hybridized carbons (Fsp3) is 0.611. The number of benzene rings is 1. The first-order valence-corrected chi connectivity index (χ1v) is 8.41. The van der Waals surface area contributed by atoms with E-state index in [1.54, 1.807) is 12.1 Å². The number of alkyl halides is 2. The minimum atomic E-state index is -2.97.